The summed E-state index contributed by atoms with van der Waals surface area (Å²) in [6, 6.07) is 9.66. The van der Waals surface area contributed by atoms with Crippen molar-refractivity contribution in [3.05, 3.63) is 77.6 Å². The van der Waals surface area contributed by atoms with Gasteiger partial charge in [0.25, 0.3) is 0 Å². The van der Waals surface area contributed by atoms with Crippen LogP contribution in [0.1, 0.15) is 17.3 Å². The summed E-state index contributed by atoms with van der Waals surface area (Å²) in [5, 5.41) is 3.02. The fourth-order valence-electron chi connectivity index (χ4n) is 2.95. The molecule has 3 heterocycles. The van der Waals surface area contributed by atoms with E-state index in [4.69, 9.17) is 16.3 Å². The molecule has 1 aromatic carbocycles. The predicted molar refractivity (Wildman–Crippen MR) is 116 cm³/mol. The van der Waals surface area contributed by atoms with E-state index in [9.17, 15) is 9.18 Å². The summed E-state index contributed by atoms with van der Waals surface area (Å²) in [5.74, 6) is -0.666. The van der Waals surface area contributed by atoms with E-state index in [0.717, 1.165) is 5.69 Å². The largest absolute Gasteiger partial charge is 0.462 e. The highest BCUT2D eigenvalue weighted by atomic mass is 35.5. The molecule has 0 fully saturated rings. The van der Waals surface area contributed by atoms with Crippen molar-refractivity contribution in [3.63, 3.8) is 0 Å². The number of carbonyl (C=O) groups is 1. The summed E-state index contributed by atoms with van der Waals surface area (Å²) in [7, 11) is 0. The SMILES string of the molecule is CCOC(=O)c1cncc(-c2cnc(Nc3ccc(F)c(Cl)c3)nc2-c2ccc[nH]2)c1. The topological polar surface area (TPSA) is 92.8 Å². The Morgan fingerprint density at radius 3 is 2.84 bits per heavy atom. The van der Waals surface area contributed by atoms with E-state index in [-0.39, 0.29) is 11.6 Å². The maximum absolute atomic E-state index is 13.4. The highest BCUT2D eigenvalue weighted by Gasteiger charge is 2.16. The third kappa shape index (κ3) is 4.54. The number of halogens is 2. The molecule has 0 radical (unpaired) electrons. The minimum Gasteiger partial charge on any atom is -0.462 e. The van der Waals surface area contributed by atoms with Crippen LogP contribution in [0.15, 0.2) is 61.2 Å². The average molecular weight is 438 g/mol. The van der Waals surface area contributed by atoms with Crippen LogP contribution < -0.4 is 5.32 Å². The highest BCUT2D eigenvalue weighted by Crippen LogP contribution is 2.31. The van der Waals surface area contributed by atoms with Crippen molar-refractivity contribution in [3.8, 4) is 22.5 Å². The molecule has 0 amide bonds. The summed E-state index contributed by atoms with van der Waals surface area (Å²) in [6.45, 7) is 2.01. The lowest BCUT2D eigenvalue weighted by molar-refractivity contribution is 0.0526. The molecule has 0 atom stereocenters. The van der Waals surface area contributed by atoms with Gasteiger partial charge in [-0.05, 0) is 43.3 Å². The second kappa shape index (κ2) is 8.93. The zero-order valence-electron chi connectivity index (χ0n) is 16.4. The number of carbonyl (C=O) groups excluding carboxylic acids is 1. The van der Waals surface area contributed by atoms with Crippen molar-refractivity contribution in [1.29, 1.82) is 0 Å². The van der Waals surface area contributed by atoms with E-state index in [0.29, 0.717) is 34.0 Å². The standard InChI is InChI=1S/C22H17ClFN5O2/c1-2-31-21(30)14-8-13(10-25-11-14)16-12-27-22(29-20(16)19-4-3-7-26-19)28-15-5-6-18(24)17(23)9-15/h3-12,26H,2H2,1H3,(H,27,28,29). The zero-order valence-corrected chi connectivity index (χ0v) is 17.2. The third-order valence-electron chi connectivity index (χ3n) is 4.38. The summed E-state index contributed by atoms with van der Waals surface area (Å²) >= 11 is 5.86. The van der Waals surface area contributed by atoms with Crippen molar-refractivity contribution in [2.24, 2.45) is 0 Å². The Balaban J connectivity index is 1.74. The number of hydrogen-bond acceptors (Lipinski definition) is 6. The van der Waals surface area contributed by atoms with E-state index >= 15 is 0 Å². The first-order valence-corrected chi connectivity index (χ1v) is 9.78. The molecule has 3 aromatic heterocycles. The number of pyridine rings is 1. The van der Waals surface area contributed by atoms with Crippen LogP contribution in [0.25, 0.3) is 22.5 Å². The van der Waals surface area contributed by atoms with Gasteiger partial charge in [-0.15, -0.1) is 0 Å². The van der Waals surface area contributed by atoms with Crippen LogP contribution in [0.2, 0.25) is 5.02 Å². The van der Waals surface area contributed by atoms with Gasteiger partial charge in [-0.3, -0.25) is 4.98 Å². The number of nitrogens with zero attached hydrogens (tertiary/aromatic N) is 3. The van der Waals surface area contributed by atoms with E-state index in [1.165, 1.54) is 18.3 Å². The molecule has 9 heteroatoms. The maximum atomic E-state index is 13.4. The molecule has 0 bridgehead atoms. The number of aromatic amines is 1. The number of H-pyrrole nitrogens is 1. The molecular weight excluding hydrogens is 421 g/mol. The number of nitrogens with one attached hydrogen (secondary N) is 2. The Morgan fingerprint density at radius 2 is 2.10 bits per heavy atom. The molecule has 31 heavy (non-hydrogen) atoms. The first-order chi connectivity index (χ1) is 15.0. The Morgan fingerprint density at radius 1 is 1.23 bits per heavy atom. The van der Waals surface area contributed by atoms with E-state index in [2.05, 4.69) is 25.3 Å². The van der Waals surface area contributed by atoms with Gasteiger partial charge in [-0.25, -0.2) is 19.2 Å². The fraction of sp³-hybridized carbons (Fsp3) is 0.0909. The van der Waals surface area contributed by atoms with Gasteiger partial charge in [0.2, 0.25) is 5.95 Å². The molecule has 0 aliphatic carbocycles. The Hall–Kier alpha value is -3.78. The number of anilines is 2. The van der Waals surface area contributed by atoms with Crippen LogP contribution in [-0.4, -0.2) is 32.5 Å². The molecule has 0 spiro atoms. The van der Waals surface area contributed by atoms with Crippen LogP contribution in [0, 0.1) is 5.82 Å². The number of hydrogen-bond donors (Lipinski definition) is 2. The minimum atomic E-state index is -0.510. The van der Waals surface area contributed by atoms with Gasteiger partial charge >= 0.3 is 5.97 Å². The molecule has 4 aromatic rings. The minimum absolute atomic E-state index is 0.00642. The van der Waals surface area contributed by atoms with Crippen molar-refractivity contribution >= 4 is 29.2 Å². The van der Waals surface area contributed by atoms with Crippen LogP contribution in [0.3, 0.4) is 0 Å². The summed E-state index contributed by atoms with van der Waals surface area (Å²) in [5.41, 5.74) is 3.55. The molecule has 0 saturated heterocycles. The van der Waals surface area contributed by atoms with Gasteiger partial charge in [0.05, 0.1) is 28.6 Å². The van der Waals surface area contributed by atoms with E-state index in [1.807, 2.05) is 12.1 Å². The van der Waals surface area contributed by atoms with Crippen LogP contribution in [0.4, 0.5) is 16.0 Å². The number of esters is 1. The smallest absolute Gasteiger partial charge is 0.339 e. The van der Waals surface area contributed by atoms with Gasteiger partial charge in [0, 0.05) is 41.6 Å². The molecule has 7 nitrogen and oxygen atoms in total. The lowest BCUT2D eigenvalue weighted by atomic mass is 10.0. The van der Waals surface area contributed by atoms with Crippen molar-refractivity contribution in [1.82, 2.24) is 19.9 Å². The second-order valence-electron chi connectivity index (χ2n) is 6.48. The number of aromatic nitrogens is 4. The van der Waals surface area contributed by atoms with Gasteiger partial charge in [-0.1, -0.05) is 11.6 Å². The van der Waals surface area contributed by atoms with Gasteiger partial charge in [0.1, 0.15) is 5.82 Å². The van der Waals surface area contributed by atoms with Gasteiger partial charge in [0.15, 0.2) is 0 Å². The first-order valence-electron chi connectivity index (χ1n) is 9.40. The summed E-state index contributed by atoms with van der Waals surface area (Å²) in [4.78, 5) is 28.4. The van der Waals surface area contributed by atoms with Gasteiger partial charge in [-0.2, -0.15) is 0 Å². The number of rotatable bonds is 6. The highest BCUT2D eigenvalue weighted by molar-refractivity contribution is 6.31. The zero-order chi connectivity index (χ0) is 21.8. The molecule has 156 valence electrons. The third-order valence-corrected chi connectivity index (χ3v) is 4.67. The molecule has 2 N–H and O–H groups in total. The average Bonchev–Trinajstić information content (AvgIpc) is 3.31. The number of ether oxygens (including phenoxy) is 1. The Kier molecular flexibility index (Phi) is 5.90. The van der Waals surface area contributed by atoms with Crippen molar-refractivity contribution < 1.29 is 13.9 Å². The maximum Gasteiger partial charge on any atom is 0.339 e. The van der Waals surface area contributed by atoms with Crippen molar-refractivity contribution in [2.75, 3.05) is 11.9 Å². The van der Waals surface area contributed by atoms with Crippen LogP contribution in [-0.2, 0) is 4.74 Å². The quantitative estimate of drug-likeness (QED) is 0.400. The fourth-order valence-corrected chi connectivity index (χ4v) is 3.13. The van der Waals surface area contributed by atoms with E-state index in [1.54, 1.807) is 37.6 Å². The van der Waals surface area contributed by atoms with Crippen molar-refractivity contribution in [2.45, 2.75) is 6.92 Å². The normalized spacial score (nSPS) is 10.7. The van der Waals surface area contributed by atoms with E-state index < -0.39 is 11.8 Å². The molecular formula is C22H17ClFN5O2. The first kappa shape index (κ1) is 20.5. The monoisotopic (exact) mass is 437 g/mol. The lowest BCUT2D eigenvalue weighted by Gasteiger charge is -2.12. The summed E-state index contributed by atoms with van der Waals surface area (Å²) < 4.78 is 18.5. The Bertz CT molecular complexity index is 1230. The van der Waals surface area contributed by atoms with Gasteiger partial charge < -0.3 is 15.0 Å². The van der Waals surface area contributed by atoms with Crippen LogP contribution >= 0.6 is 11.6 Å². The molecule has 4 rings (SSSR count). The lowest BCUT2D eigenvalue weighted by Crippen LogP contribution is -2.05. The molecule has 0 unspecified atom stereocenters. The predicted octanol–water partition coefficient (Wildman–Crippen LogP) is 5.25. The Labute approximate surface area is 182 Å². The van der Waals surface area contributed by atoms with Crippen LogP contribution in [0.5, 0.6) is 0 Å². The molecule has 0 saturated carbocycles. The summed E-state index contributed by atoms with van der Waals surface area (Å²) in [6.07, 6.45) is 6.48. The number of benzene rings is 1. The molecule has 0 aliphatic heterocycles. The molecule has 0 aliphatic rings. The second-order valence-corrected chi connectivity index (χ2v) is 6.88.